The number of hydrogen-bond acceptors (Lipinski definition) is 5. The number of rotatable bonds is 5. The molecule has 1 amide bonds. The first-order chi connectivity index (χ1) is 10.5. The van der Waals surface area contributed by atoms with Gasteiger partial charge in [0.15, 0.2) is 0 Å². The van der Waals surface area contributed by atoms with Crippen molar-refractivity contribution in [3.8, 4) is 11.1 Å². The van der Waals surface area contributed by atoms with E-state index in [0.717, 1.165) is 17.5 Å². The molecule has 0 saturated carbocycles. The van der Waals surface area contributed by atoms with Gasteiger partial charge in [0, 0.05) is 23.6 Å². The molecule has 1 heterocycles. The number of carbonyl (C=O) groups is 1. The van der Waals surface area contributed by atoms with Gasteiger partial charge in [-0.2, -0.15) is 0 Å². The monoisotopic (exact) mass is 299 g/mol. The summed E-state index contributed by atoms with van der Waals surface area (Å²) in [7, 11) is 0. The molecule has 0 radical (unpaired) electrons. The van der Waals surface area contributed by atoms with E-state index < -0.39 is 6.04 Å². The maximum Gasteiger partial charge on any atom is 0.241 e. The fourth-order valence-electron chi connectivity index (χ4n) is 2.00. The number of nitrogens with two attached hydrogens (primary N) is 2. The number of aromatic nitrogens is 2. The molecule has 6 nitrogen and oxygen atoms in total. The molecule has 2 atom stereocenters. The van der Waals surface area contributed by atoms with Crippen LogP contribution in [-0.4, -0.2) is 21.9 Å². The first-order valence-electron chi connectivity index (χ1n) is 7.25. The Labute approximate surface area is 130 Å². The van der Waals surface area contributed by atoms with E-state index in [-0.39, 0.29) is 17.8 Å². The summed E-state index contributed by atoms with van der Waals surface area (Å²) in [4.78, 5) is 20.1. The molecule has 2 rings (SSSR count). The Hall–Kier alpha value is -2.47. The Kier molecular flexibility index (Phi) is 5.06. The molecule has 5 N–H and O–H groups in total. The van der Waals surface area contributed by atoms with Gasteiger partial charge in [-0.15, -0.1) is 0 Å². The second kappa shape index (κ2) is 7.00. The highest BCUT2D eigenvalue weighted by Crippen LogP contribution is 2.22. The molecule has 22 heavy (non-hydrogen) atoms. The molecular formula is C16H21N5O. The van der Waals surface area contributed by atoms with Crippen molar-refractivity contribution in [2.45, 2.75) is 26.3 Å². The minimum Gasteiger partial charge on any atom is -0.368 e. The van der Waals surface area contributed by atoms with E-state index in [9.17, 15) is 4.79 Å². The normalized spacial score (nSPS) is 13.4. The third-order valence-corrected chi connectivity index (χ3v) is 3.70. The van der Waals surface area contributed by atoms with Gasteiger partial charge < -0.3 is 16.8 Å². The summed E-state index contributed by atoms with van der Waals surface area (Å²) < 4.78 is 0. The van der Waals surface area contributed by atoms with Crippen LogP contribution in [-0.2, 0) is 4.79 Å². The molecule has 0 saturated heterocycles. The molecule has 116 valence electrons. The van der Waals surface area contributed by atoms with Crippen molar-refractivity contribution in [2.75, 3.05) is 11.1 Å². The van der Waals surface area contributed by atoms with Crippen molar-refractivity contribution in [3.63, 3.8) is 0 Å². The quantitative estimate of drug-likeness (QED) is 0.783. The molecule has 6 heteroatoms. The Balaban J connectivity index is 2.15. The van der Waals surface area contributed by atoms with Gasteiger partial charge in [-0.3, -0.25) is 4.79 Å². The topological polar surface area (TPSA) is 107 Å². The van der Waals surface area contributed by atoms with Gasteiger partial charge in [0.2, 0.25) is 11.9 Å². The summed E-state index contributed by atoms with van der Waals surface area (Å²) in [6.45, 7) is 3.98. The van der Waals surface area contributed by atoms with E-state index >= 15 is 0 Å². The molecule has 0 unspecified atom stereocenters. The third-order valence-electron chi connectivity index (χ3n) is 3.70. The summed E-state index contributed by atoms with van der Waals surface area (Å²) in [5.74, 6) is 0.182. The zero-order valence-corrected chi connectivity index (χ0v) is 12.8. The molecule has 0 aliphatic rings. The van der Waals surface area contributed by atoms with Crippen molar-refractivity contribution in [3.05, 3.63) is 36.7 Å². The van der Waals surface area contributed by atoms with Gasteiger partial charge in [-0.25, -0.2) is 9.97 Å². The lowest BCUT2D eigenvalue weighted by molar-refractivity contribution is -0.118. The van der Waals surface area contributed by atoms with Crippen LogP contribution in [0.25, 0.3) is 11.1 Å². The van der Waals surface area contributed by atoms with Gasteiger partial charge in [-0.1, -0.05) is 32.4 Å². The number of nitrogens with one attached hydrogen (secondary N) is 1. The van der Waals surface area contributed by atoms with Crippen LogP contribution in [0.3, 0.4) is 0 Å². The summed E-state index contributed by atoms with van der Waals surface area (Å²) >= 11 is 0. The second-order valence-corrected chi connectivity index (χ2v) is 5.31. The Bertz CT molecular complexity index is 641. The van der Waals surface area contributed by atoms with E-state index in [1.165, 1.54) is 0 Å². The third kappa shape index (κ3) is 3.79. The first-order valence-corrected chi connectivity index (χ1v) is 7.25. The maximum absolute atomic E-state index is 12.1. The lowest BCUT2D eigenvalue weighted by Gasteiger charge is -2.18. The summed E-state index contributed by atoms with van der Waals surface area (Å²) in [5, 5.41) is 2.85. The van der Waals surface area contributed by atoms with Gasteiger partial charge in [0.05, 0.1) is 6.04 Å². The molecule has 0 aliphatic heterocycles. The smallest absolute Gasteiger partial charge is 0.241 e. The Morgan fingerprint density at radius 2 is 1.95 bits per heavy atom. The maximum atomic E-state index is 12.1. The average molecular weight is 299 g/mol. The highest BCUT2D eigenvalue weighted by Gasteiger charge is 2.19. The lowest BCUT2D eigenvalue weighted by Crippen LogP contribution is -2.40. The Morgan fingerprint density at radius 1 is 1.27 bits per heavy atom. The number of anilines is 2. The van der Waals surface area contributed by atoms with Crippen molar-refractivity contribution in [2.24, 2.45) is 11.7 Å². The van der Waals surface area contributed by atoms with Crippen LogP contribution in [0.4, 0.5) is 11.6 Å². The molecule has 0 bridgehead atoms. The van der Waals surface area contributed by atoms with Crippen LogP contribution >= 0.6 is 0 Å². The number of hydrogen-bond donors (Lipinski definition) is 3. The van der Waals surface area contributed by atoms with Gasteiger partial charge in [0.25, 0.3) is 0 Å². The fraction of sp³-hybridized carbons (Fsp3) is 0.312. The number of carbonyl (C=O) groups excluding carboxylic acids is 1. The van der Waals surface area contributed by atoms with Crippen molar-refractivity contribution in [1.82, 2.24) is 9.97 Å². The van der Waals surface area contributed by atoms with Gasteiger partial charge >= 0.3 is 0 Å². The molecule has 0 fully saturated rings. The molecule has 1 aromatic carbocycles. The molecule has 1 aromatic heterocycles. The van der Waals surface area contributed by atoms with Gasteiger partial charge in [0.1, 0.15) is 0 Å². The van der Waals surface area contributed by atoms with Gasteiger partial charge in [-0.05, 0) is 23.6 Å². The SMILES string of the molecule is CC[C@@H](C)[C@@H](N)C(=O)Nc1cccc(-c2cnc(N)nc2)c1. The molecule has 2 aromatic rings. The number of nitrogen functional groups attached to an aromatic ring is 1. The molecule has 0 spiro atoms. The standard InChI is InChI=1S/C16H21N5O/c1-3-10(2)14(17)15(22)21-13-6-4-5-11(7-13)12-8-19-16(18)20-9-12/h4-10,14H,3,17H2,1-2H3,(H,21,22)(H2,18,19,20)/t10-,14-/m1/s1. The van der Waals surface area contributed by atoms with E-state index in [4.69, 9.17) is 11.5 Å². The average Bonchev–Trinajstić information content (AvgIpc) is 2.54. The van der Waals surface area contributed by atoms with Crippen molar-refractivity contribution in [1.29, 1.82) is 0 Å². The number of nitrogens with zero attached hydrogens (tertiary/aromatic N) is 2. The summed E-state index contributed by atoms with van der Waals surface area (Å²) in [6.07, 6.45) is 4.15. The largest absolute Gasteiger partial charge is 0.368 e. The van der Waals surface area contributed by atoms with E-state index in [0.29, 0.717) is 5.69 Å². The van der Waals surface area contributed by atoms with Crippen LogP contribution in [0.2, 0.25) is 0 Å². The number of benzene rings is 1. The van der Waals surface area contributed by atoms with E-state index in [1.807, 2.05) is 38.1 Å². The summed E-state index contributed by atoms with van der Waals surface area (Å²) in [5.41, 5.74) is 13.8. The number of amides is 1. The highest BCUT2D eigenvalue weighted by molar-refractivity contribution is 5.95. The first kappa shape index (κ1) is 15.9. The van der Waals surface area contributed by atoms with E-state index in [2.05, 4.69) is 15.3 Å². The predicted octanol–water partition coefficient (Wildman–Crippen LogP) is 2.04. The van der Waals surface area contributed by atoms with Crippen LogP contribution in [0, 0.1) is 5.92 Å². The van der Waals surface area contributed by atoms with Crippen LogP contribution in [0.5, 0.6) is 0 Å². The van der Waals surface area contributed by atoms with Crippen LogP contribution < -0.4 is 16.8 Å². The Morgan fingerprint density at radius 3 is 2.59 bits per heavy atom. The van der Waals surface area contributed by atoms with Crippen molar-refractivity contribution >= 4 is 17.5 Å². The minimum atomic E-state index is -0.520. The lowest BCUT2D eigenvalue weighted by atomic mass is 9.99. The minimum absolute atomic E-state index is 0.133. The van der Waals surface area contributed by atoms with Crippen LogP contribution in [0.15, 0.2) is 36.7 Å². The fourth-order valence-corrected chi connectivity index (χ4v) is 2.00. The van der Waals surface area contributed by atoms with Crippen molar-refractivity contribution < 1.29 is 4.79 Å². The molecular weight excluding hydrogens is 278 g/mol. The molecule has 0 aliphatic carbocycles. The van der Waals surface area contributed by atoms with Crippen LogP contribution in [0.1, 0.15) is 20.3 Å². The highest BCUT2D eigenvalue weighted by atomic mass is 16.2. The zero-order chi connectivity index (χ0) is 16.1. The predicted molar refractivity (Wildman–Crippen MR) is 87.9 cm³/mol. The van der Waals surface area contributed by atoms with E-state index in [1.54, 1.807) is 12.4 Å². The zero-order valence-electron chi connectivity index (χ0n) is 12.8. The summed E-state index contributed by atoms with van der Waals surface area (Å²) in [6, 6.07) is 6.93. The second-order valence-electron chi connectivity index (χ2n) is 5.31.